The lowest BCUT2D eigenvalue weighted by Gasteiger charge is -2.41. The van der Waals surface area contributed by atoms with Crippen molar-refractivity contribution in [2.24, 2.45) is 0 Å². The van der Waals surface area contributed by atoms with Crippen LogP contribution in [0.2, 0.25) is 0 Å². The molecule has 0 aromatic heterocycles. The summed E-state index contributed by atoms with van der Waals surface area (Å²) in [4.78, 5) is 13.6. The first-order chi connectivity index (χ1) is 13.0. The van der Waals surface area contributed by atoms with Crippen LogP contribution in [0, 0.1) is 0 Å². The molecule has 142 valence electrons. The molecule has 0 radical (unpaired) electrons. The van der Waals surface area contributed by atoms with Crippen molar-refractivity contribution < 1.29 is 14.3 Å². The van der Waals surface area contributed by atoms with Crippen LogP contribution < -0.4 is 10.1 Å². The minimum absolute atomic E-state index is 0.0547. The first-order valence-electron chi connectivity index (χ1n) is 9.72. The molecular weight excluding hydrogens is 338 g/mol. The van der Waals surface area contributed by atoms with E-state index in [1.807, 2.05) is 36.4 Å². The van der Waals surface area contributed by atoms with Gasteiger partial charge in [-0.05, 0) is 38.3 Å². The van der Waals surface area contributed by atoms with E-state index < -0.39 is 5.41 Å². The molecule has 0 aliphatic carbocycles. The van der Waals surface area contributed by atoms with Gasteiger partial charge in [0.2, 0.25) is 5.91 Å². The van der Waals surface area contributed by atoms with Crippen molar-refractivity contribution in [3.8, 4) is 5.75 Å². The van der Waals surface area contributed by atoms with Gasteiger partial charge < -0.3 is 14.8 Å². The molecule has 2 heterocycles. The zero-order valence-electron chi connectivity index (χ0n) is 16.0. The number of carbonyl (C=O) groups is 1. The zero-order valence-corrected chi connectivity index (χ0v) is 16.0. The minimum Gasteiger partial charge on any atom is -0.487 e. The average molecular weight is 365 g/mol. The molecule has 2 aromatic carbocycles. The summed E-state index contributed by atoms with van der Waals surface area (Å²) >= 11 is 0. The molecule has 0 saturated carbocycles. The molecule has 2 aliphatic rings. The number of rotatable bonds is 3. The van der Waals surface area contributed by atoms with Crippen LogP contribution in [0.4, 0.5) is 0 Å². The molecule has 2 aromatic rings. The molecule has 0 spiro atoms. The maximum absolute atomic E-state index is 13.6. The zero-order chi connectivity index (χ0) is 18.9. The number of para-hydroxylation sites is 1. The van der Waals surface area contributed by atoms with E-state index >= 15 is 0 Å². The highest BCUT2D eigenvalue weighted by molar-refractivity contribution is 5.88. The van der Waals surface area contributed by atoms with E-state index in [1.54, 1.807) is 0 Å². The fourth-order valence-electron chi connectivity index (χ4n) is 4.35. The van der Waals surface area contributed by atoms with Gasteiger partial charge in [-0.25, -0.2) is 0 Å². The smallest absolute Gasteiger partial charge is 0.231 e. The van der Waals surface area contributed by atoms with Gasteiger partial charge in [-0.1, -0.05) is 48.5 Å². The summed E-state index contributed by atoms with van der Waals surface area (Å²) in [6.45, 7) is 5.36. The molecule has 1 amide bonds. The molecule has 1 N–H and O–H groups in total. The Hall–Kier alpha value is -2.33. The Balaban J connectivity index is 1.66. The maximum atomic E-state index is 13.6. The van der Waals surface area contributed by atoms with Crippen LogP contribution in [0.15, 0.2) is 54.6 Å². The largest absolute Gasteiger partial charge is 0.487 e. The van der Waals surface area contributed by atoms with Crippen LogP contribution in [-0.2, 0) is 14.9 Å². The molecule has 2 aliphatic heterocycles. The standard InChI is InChI=1S/C23H27NO3/c1-22(2)16-19(18-10-6-7-11-20(18)27-22)24-21(25)23(12-14-26-15-13-23)17-8-4-3-5-9-17/h3-11,19H,12-16H2,1-2H3,(H,24,25)/t19-/m1/s1. The molecule has 1 saturated heterocycles. The number of nitrogens with one attached hydrogen (secondary N) is 1. The first kappa shape index (κ1) is 18.1. The number of carbonyl (C=O) groups excluding carboxylic acids is 1. The highest BCUT2D eigenvalue weighted by Crippen LogP contribution is 2.41. The molecule has 1 atom stereocenters. The van der Waals surface area contributed by atoms with Crippen LogP contribution in [0.25, 0.3) is 0 Å². The monoisotopic (exact) mass is 365 g/mol. The van der Waals surface area contributed by atoms with Crippen molar-refractivity contribution in [2.75, 3.05) is 13.2 Å². The highest BCUT2D eigenvalue weighted by Gasteiger charge is 2.44. The van der Waals surface area contributed by atoms with Crippen LogP contribution >= 0.6 is 0 Å². The molecular formula is C23H27NO3. The third-order valence-corrected chi connectivity index (χ3v) is 5.79. The second-order valence-electron chi connectivity index (χ2n) is 8.19. The molecule has 4 heteroatoms. The van der Waals surface area contributed by atoms with E-state index in [1.165, 1.54) is 0 Å². The molecule has 4 rings (SSSR count). The number of hydrogen-bond acceptors (Lipinski definition) is 3. The minimum atomic E-state index is -0.531. The Morgan fingerprint density at radius 3 is 2.41 bits per heavy atom. The van der Waals surface area contributed by atoms with E-state index in [2.05, 4.69) is 37.4 Å². The van der Waals surface area contributed by atoms with E-state index in [9.17, 15) is 4.79 Å². The topological polar surface area (TPSA) is 47.6 Å². The Kier molecular flexibility index (Phi) is 4.68. The van der Waals surface area contributed by atoms with Gasteiger partial charge in [-0.2, -0.15) is 0 Å². The van der Waals surface area contributed by atoms with E-state index in [4.69, 9.17) is 9.47 Å². The average Bonchev–Trinajstić information content (AvgIpc) is 2.68. The van der Waals surface area contributed by atoms with Crippen molar-refractivity contribution in [1.82, 2.24) is 5.32 Å². The van der Waals surface area contributed by atoms with Crippen LogP contribution in [0.3, 0.4) is 0 Å². The normalized spacial score (nSPS) is 23.0. The van der Waals surface area contributed by atoms with Gasteiger partial charge in [0.1, 0.15) is 11.4 Å². The second kappa shape index (κ2) is 7.01. The number of benzene rings is 2. The predicted molar refractivity (Wildman–Crippen MR) is 105 cm³/mol. The Morgan fingerprint density at radius 1 is 1.00 bits per heavy atom. The van der Waals surface area contributed by atoms with Crippen LogP contribution in [-0.4, -0.2) is 24.7 Å². The molecule has 0 bridgehead atoms. The summed E-state index contributed by atoms with van der Waals surface area (Å²) in [6.07, 6.45) is 2.16. The molecule has 1 fully saturated rings. The van der Waals surface area contributed by atoms with Crippen molar-refractivity contribution >= 4 is 5.91 Å². The summed E-state index contributed by atoms with van der Waals surface area (Å²) < 4.78 is 11.7. The van der Waals surface area contributed by atoms with E-state index in [-0.39, 0.29) is 17.6 Å². The summed E-state index contributed by atoms with van der Waals surface area (Å²) in [5.74, 6) is 0.953. The molecule has 0 unspecified atom stereocenters. The SMILES string of the molecule is CC1(C)C[C@@H](NC(=O)C2(c3ccccc3)CCOCC2)c2ccccc2O1. The predicted octanol–water partition coefficient (Wildman–Crippen LogP) is 4.15. The third kappa shape index (κ3) is 3.46. The van der Waals surface area contributed by atoms with Gasteiger partial charge in [0, 0.05) is 25.2 Å². The van der Waals surface area contributed by atoms with Gasteiger partial charge in [-0.15, -0.1) is 0 Å². The second-order valence-corrected chi connectivity index (χ2v) is 8.19. The fourth-order valence-corrected chi connectivity index (χ4v) is 4.35. The number of fused-ring (bicyclic) bond motifs is 1. The fraction of sp³-hybridized carbons (Fsp3) is 0.435. The lowest BCUT2D eigenvalue weighted by Crippen LogP contribution is -2.51. The summed E-state index contributed by atoms with van der Waals surface area (Å²) in [6, 6.07) is 18.1. The van der Waals surface area contributed by atoms with Crippen molar-refractivity contribution in [3.63, 3.8) is 0 Å². The lowest BCUT2D eigenvalue weighted by molar-refractivity contribution is -0.131. The van der Waals surface area contributed by atoms with Gasteiger partial charge in [0.15, 0.2) is 0 Å². The maximum Gasteiger partial charge on any atom is 0.231 e. The Bertz CT molecular complexity index is 809. The van der Waals surface area contributed by atoms with Gasteiger partial charge in [-0.3, -0.25) is 4.79 Å². The number of ether oxygens (including phenoxy) is 2. The Labute approximate surface area is 160 Å². The van der Waals surface area contributed by atoms with Gasteiger partial charge in [0.05, 0.1) is 11.5 Å². The molecule has 4 nitrogen and oxygen atoms in total. The number of hydrogen-bond donors (Lipinski definition) is 1. The van der Waals surface area contributed by atoms with Crippen LogP contribution in [0.5, 0.6) is 5.75 Å². The third-order valence-electron chi connectivity index (χ3n) is 5.79. The first-order valence-corrected chi connectivity index (χ1v) is 9.72. The number of amides is 1. The van der Waals surface area contributed by atoms with Crippen molar-refractivity contribution in [3.05, 3.63) is 65.7 Å². The van der Waals surface area contributed by atoms with Crippen LogP contribution in [0.1, 0.15) is 50.3 Å². The van der Waals surface area contributed by atoms with E-state index in [0.29, 0.717) is 26.1 Å². The van der Waals surface area contributed by atoms with Gasteiger partial charge >= 0.3 is 0 Å². The highest BCUT2D eigenvalue weighted by atomic mass is 16.5. The van der Waals surface area contributed by atoms with E-state index in [0.717, 1.165) is 23.3 Å². The quantitative estimate of drug-likeness (QED) is 0.889. The lowest BCUT2D eigenvalue weighted by atomic mass is 9.73. The Morgan fingerprint density at radius 2 is 1.67 bits per heavy atom. The van der Waals surface area contributed by atoms with Gasteiger partial charge in [0.25, 0.3) is 0 Å². The summed E-state index contributed by atoms with van der Waals surface area (Å²) in [7, 11) is 0. The summed E-state index contributed by atoms with van der Waals surface area (Å²) in [5.41, 5.74) is 1.28. The molecule has 27 heavy (non-hydrogen) atoms. The van der Waals surface area contributed by atoms with Crippen molar-refractivity contribution in [2.45, 2.75) is 50.2 Å². The van der Waals surface area contributed by atoms with Crippen molar-refractivity contribution in [1.29, 1.82) is 0 Å². The summed E-state index contributed by atoms with van der Waals surface area (Å²) in [5, 5.41) is 3.37.